The highest BCUT2D eigenvalue weighted by Crippen LogP contribution is 2.16. The van der Waals surface area contributed by atoms with Crippen molar-refractivity contribution in [2.45, 2.75) is 19.5 Å². The van der Waals surface area contributed by atoms with Crippen LogP contribution in [0.4, 0.5) is 5.95 Å². The summed E-state index contributed by atoms with van der Waals surface area (Å²) >= 11 is 0. The highest BCUT2D eigenvalue weighted by molar-refractivity contribution is 5.36. The van der Waals surface area contributed by atoms with Crippen molar-refractivity contribution in [1.82, 2.24) is 15.3 Å². The van der Waals surface area contributed by atoms with Gasteiger partial charge in [-0.1, -0.05) is 12.1 Å². The van der Waals surface area contributed by atoms with Crippen LogP contribution in [-0.4, -0.2) is 30.7 Å². The lowest BCUT2D eigenvalue weighted by Crippen LogP contribution is -2.33. The molecule has 1 aliphatic rings. The van der Waals surface area contributed by atoms with Gasteiger partial charge in [-0.15, -0.1) is 0 Å². The zero-order chi connectivity index (χ0) is 15.5. The SMILES string of the molecule is COc1cccc(CN(C)c2nc3c(c(=O)[nH]2)CCNC3)c1. The molecule has 3 rings (SSSR count). The highest BCUT2D eigenvalue weighted by atomic mass is 16.5. The second-order valence-corrected chi connectivity index (χ2v) is 5.45. The molecule has 0 saturated carbocycles. The van der Waals surface area contributed by atoms with Gasteiger partial charge in [-0.05, 0) is 30.7 Å². The molecule has 1 aliphatic heterocycles. The highest BCUT2D eigenvalue weighted by Gasteiger charge is 2.16. The maximum absolute atomic E-state index is 12.2. The maximum Gasteiger partial charge on any atom is 0.255 e. The van der Waals surface area contributed by atoms with Crippen molar-refractivity contribution in [3.63, 3.8) is 0 Å². The standard InChI is InChI=1S/C16H20N4O2/c1-20(10-11-4-3-5-12(8-11)22-2)16-18-14-9-17-7-6-13(14)15(21)19-16/h3-5,8,17H,6-7,9-10H2,1-2H3,(H,18,19,21). The Hall–Kier alpha value is -2.34. The molecule has 2 N–H and O–H groups in total. The molecule has 6 heteroatoms. The van der Waals surface area contributed by atoms with E-state index in [1.807, 2.05) is 36.2 Å². The summed E-state index contributed by atoms with van der Waals surface area (Å²) in [6.45, 7) is 2.13. The van der Waals surface area contributed by atoms with E-state index in [2.05, 4.69) is 15.3 Å². The van der Waals surface area contributed by atoms with Gasteiger partial charge < -0.3 is 15.0 Å². The van der Waals surface area contributed by atoms with Gasteiger partial charge in [0.1, 0.15) is 5.75 Å². The summed E-state index contributed by atoms with van der Waals surface area (Å²) in [4.78, 5) is 21.6. The number of rotatable bonds is 4. The third-order valence-corrected chi connectivity index (χ3v) is 3.85. The second kappa shape index (κ2) is 6.19. The number of nitrogens with zero attached hydrogens (tertiary/aromatic N) is 2. The lowest BCUT2D eigenvalue weighted by Gasteiger charge is -2.21. The Morgan fingerprint density at radius 2 is 2.27 bits per heavy atom. The molecule has 0 fully saturated rings. The number of aromatic nitrogens is 2. The predicted molar refractivity (Wildman–Crippen MR) is 85.4 cm³/mol. The van der Waals surface area contributed by atoms with Crippen molar-refractivity contribution in [2.75, 3.05) is 25.6 Å². The minimum atomic E-state index is -0.0287. The molecule has 0 atom stereocenters. The Bertz CT molecular complexity index is 726. The normalized spacial score (nSPS) is 13.5. The number of H-pyrrole nitrogens is 1. The van der Waals surface area contributed by atoms with Crippen LogP contribution in [0.1, 0.15) is 16.8 Å². The van der Waals surface area contributed by atoms with E-state index in [9.17, 15) is 4.79 Å². The monoisotopic (exact) mass is 300 g/mol. The van der Waals surface area contributed by atoms with Gasteiger partial charge in [-0.25, -0.2) is 4.98 Å². The number of ether oxygens (including phenoxy) is 1. The molecule has 116 valence electrons. The summed E-state index contributed by atoms with van der Waals surface area (Å²) < 4.78 is 5.24. The van der Waals surface area contributed by atoms with Gasteiger partial charge in [0, 0.05) is 25.7 Å². The van der Waals surface area contributed by atoms with Crippen LogP contribution in [0.5, 0.6) is 5.75 Å². The van der Waals surface area contributed by atoms with Gasteiger partial charge in [0.05, 0.1) is 12.8 Å². The number of anilines is 1. The van der Waals surface area contributed by atoms with Crippen molar-refractivity contribution >= 4 is 5.95 Å². The third-order valence-electron chi connectivity index (χ3n) is 3.85. The molecule has 6 nitrogen and oxygen atoms in total. The van der Waals surface area contributed by atoms with E-state index in [1.54, 1.807) is 7.11 Å². The summed E-state index contributed by atoms with van der Waals surface area (Å²) in [7, 11) is 3.57. The molecule has 0 aliphatic carbocycles. The lowest BCUT2D eigenvalue weighted by molar-refractivity contribution is 0.414. The molecule has 0 radical (unpaired) electrons. The second-order valence-electron chi connectivity index (χ2n) is 5.45. The summed E-state index contributed by atoms with van der Waals surface area (Å²) in [6.07, 6.45) is 0.734. The smallest absolute Gasteiger partial charge is 0.255 e. The molecule has 22 heavy (non-hydrogen) atoms. The van der Waals surface area contributed by atoms with Crippen molar-refractivity contribution < 1.29 is 4.74 Å². The van der Waals surface area contributed by atoms with Gasteiger partial charge in [0.25, 0.3) is 5.56 Å². The van der Waals surface area contributed by atoms with Crippen LogP contribution in [0.2, 0.25) is 0 Å². The molecule has 2 heterocycles. The molecule has 0 saturated heterocycles. The molecule has 0 spiro atoms. The van der Waals surface area contributed by atoms with E-state index in [4.69, 9.17) is 4.74 Å². The molecular formula is C16H20N4O2. The van der Waals surface area contributed by atoms with E-state index >= 15 is 0 Å². The van der Waals surface area contributed by atoms with Gasteiger partial charge >= 0.3 is 0 Å². The average Bonchev–Trinajstić information content (AvgIpc) is 2.55. The fourth-order valence-corrected chi connectivity index (χ4v) is 2.66. The average molecular weight is 300 g/mol. The molecule has 2 aromatic rings. The van der Waals surface area contributed by atoms with Gasteiger partial charge in [0.2, 0.25) is 5.95 Å². The van der Waals surface area contributed by atoms with E-state index in [0.717, 1.165) is 35.5 Å². The van der Waals surface area contributed by atoms with Gasteiger partial charge in [-0.2, -0.15) is 0 Å². The summed E-state index contributed by atoms with van der Waals surface area (Å²) in [5.41, 5.74) is 2.72. The largest absolute Gasteiger partial charge is 0.497 e. The summed E-state index contributed by atoms with van der Waals surface area (Å²) in [5, 5.41) is 3.25. The van der Waals surface area contributed by atoms with Crippen LogP contribution in [-0.2, 0) is 19.5 Å². The first-order chi connectivity index (χ1) is 10.7. The zero-order valence-corrected chi connectivity index (χ0v) is 12.8. The first kappa shape index (κ1) is 14.6. The number of nitrogens with one attached hydrogen (secondary N) is 2. The van der Waals surface area contributed by atoms with Crippen molar-refractivity contribution in [1.29, 1.82) is 0 Å². The topological polar surface area (TPSA) is 70.2 Å². The number of methoxy groups -OCH3 is 1. The Balaban J connectivity index is 1.84. The number of fused-ring (bicyclic) bond motifs is 1. The number of benzene rings is 1. The first-order valence-corrected chi connectivity index (χ1v) is 7.34. The molecule has 1 aromatic carbocycles. The van der Waals surface area contributed by atoms with Crippen LogP contribution in [0.3, 0.4) is 0 Å². The fourth-order valence-electron chi connectivity index (χ4n) is 2.66. The quantitative estimate of drug-likeness (QED) is 0.883. The van der Waals surface area contributed by atoms with E-state index < -0.39 is 0 Å². The number of hydrogen-bond acceptors (Lipinski definition) is 5. The number of aromatic amines is 1. The molecule has 0 amide bonds. The van der Waals surface area contributed by atoms with Gasteiger partial charge in [0.15, 0.2) is 0 Å². The van der Waals surface area contributed by atoms with Crippen LogP contribution in [0, 0.1) is 0 Å². The fraction of sp³-hybridized carbons (Fsp3) is 0.375. The molecular weight excluding hydrogens is 280 g/mol. The van der Waals surface area contributed by atoms with Crippen LogP contribution in [0.15, 0.2) is 29.1 Å². The van der Waals surface area contributed by atoms with E-state index in [1.165, 1.54) is 0 Å². The lowest BCUT2D eigenvalue weighted by atomic mass is 10.1. The molecule has 1 aromatic heterocycles. The Kier molecular flexibility index (Phi) is 4.11. The van der Waals surface area contributed by atoms with Crippen molar-refractivity contribution in [3.8, 4) is 5.75 Å². The van der Waals surface area contributed by atoms with Crippen LogP contribution in [0.25, 0.3) is 0 Å². The Labute approximate surface area is 129 Å². The molecule has 0 bridgehead atoms. The third kappa shape index (κ3) is 2.96. The summed E-state index contributed by atoms with van der Waals surface area (Å²) in [5.74, 6) is 1.41. The minimum Gasteiger partial charge on any atom is -0.497 e. The summed E-state index contributed by atoms with van der Waals surface area (Å²) in [6, 6.07) is 7.87. The Morgan fingerprint density at radius 3 is 3.09 bits per heavy atom. The van der Waals surface area contributed by atoms with Gasteiger partial charge in [-0.3, -0.25) is 9.78 Å². The minimum absolute atomic E-state index is 0.0287. The van der Waals surface area contributed by atoms with Crippen LogP contribution < -0.4 is 20.5 Å². The zero-order valence-electron chi connectivity index (χ0n) is 12.8. The maximum atomic E-state index is 12.2. The number of hydrogen-bond donors (Lipinski definition) is 2. The first-order valence-electron chi connectivity index (χ1n) is 7.34. The van der Waals surface area contributed by atoms with E-state index in [0.29, 0.717) is 19.0 Å². The van der Waals surface area contributed by atoms with Crippen molar-refractivity contribution in [3.05, 3.63) is 51.4 Å². The van der Waals surface area contributed by atoms with E-state index in [-0.39, 0.29) is 5.56 Å². The Morgan fingerprint density at radius 1 is 1.41 bits per heavy atom. The van der Waals surface area contributed by atoms with Crippen LogP contribution >= 0.6 is 0 Å². The van der Waals surface area contributed by atoms with Crippen molar-refractivity contribution in [2.24, 2.45) is 0 Å². The predicted octanol–water partition coefficient (Wildman–Crippen LogP) is 1.06. The molecule has 0 unspecified atom stereocenters.